The van der Waals surface area contributed by atoms with Crippen molar-refractivity contribution in [3.05, 3.63) is 29.8 Å². The second-order valence-corrected chi connectivity index (χ2v) is 3.91. The van der Waals surface area contributed by atoms with Crippen molar-refractivity contribution in [3.63, 3.8) is 0 Å². The van der Waals surface area contributed by atoms with E-state index >= 15 is 0 Å². The number of hydrogen-bond donors (Lipinski definition) is 1. The summed E-state index contributed by atoms with van der Waals surface area (Å²) in [5, 5.41) is 7.13. The van der Waals surface area contributed by atoms with Crippen LogP contribution in [-0.4, -0.2) is 21.7 Å². The topological polar surface area (TPSA) is 63.8 Å². The maximum absolute atomic E-state index is 5.14. The van der Waals surface area contributed by atoms with E-state index in [2.05, 4.69) is 27.4 Å². The van der Waals surface area contributed by atoms with Gasteiger partial charge in [0.1, 0.15) is 5.69 Å². The second-order valence-electron chi connectivity index (χ2n) is 3.91. The third-order valence-corrected chi connectivity index (χ3v) is 2.32. The molecule has 0 saturated heterocycles. The van der Waals surface area contributed by atoms with Gasteiger partial charge in [-0.3, -0.25) is 4.98 Å². The molecule has 2 rings (SSSR count). The Balaban J connectivity index is 2.07. The van der Waals surface area contributed by atoms with E-state index in [1.54, 1.807) is 6.20 Å². The molecule has 2 heterocycles. The molecule has 0 fully saturated rings. The first kappa shape index (κ1) is 11.7. The van der Waals surface area contributed by atoms with Crippen LogP contribution in [-0.2, 0) is 6.54 Å². The van der Waals surface area contributed by atoms with Gasteiger partial charge in [0.15, 0.2) is 0 Å². The van der Waals surface area contributed by atoms with E-state index in [-0.39, 0.29) is 0 Å². The van der Waals surface area contributed by atoms with Gasteiger partial charge in [0.05, 0.1) is 6.54 Å². The molecule has 0 bridgehead atoms. The zero-order valence-corrected chi connectivity index (χ0v) is 10.1. The van der Waals surface area contributed by atoms with Crippen molar-refractivity contribution in [1.29, 1.82) is 0 Å². The smallest absolute Gasteiger partial charge is 0.240 e. The van der Waals surface area contributed by atoms with Crippen molar-refractivity contribution in [3.8, 4) is 11.5 Å². The van der Waals surface area contributed by atoms with Crippen LogP contribution in [0, 0.1) is 6.92 Å². The first-order valence-corrected chi connectivity index (χ1v) is 5.76. The van der Waals surface area contributed by atoms with Crippen LogP contribution in [0.3, 0.4) is 0 Å². The van der Waals surface area contributed by atoms with E-state index in [0.29, 0.717) is 18.3 Å². The van der Waals surface area contributed by atoms with Crippen LogP contribution in [0.15, 0.2) is 22.9 Å². The highest BCUT2D eigenvalue weighted by molar-refractivity contribution is 5.48. The maximum Gasteiger partial charge on any atom is 0.240 e. The minimum atomic E-state index is 0.544. The Bertz CT molecular complexity index is 481. The van der Waals surface area contributed by atoms with Gasteiger partial charge in [0, 0.05) is 6.20 Å². The highest BCUT2D eigenvalue weighted by atomic mass is 16.5. The van der Waals surface area contributed by atoms with Gasteiger partial charge in [-0.15, -0.1) is 0 Å². The van der Waals surface area contributed by atoms with E-state index in [1.807, 2.05) is 19.1 Å². The van der Waals surface area contributed by atoms with Gasteiger partial charge in [-0.05, 0) is 37.6 Å². The zero-order valence-electron chi connectivity index (χ0n) is 10.1. The molecule has 2 aromatic rings. The summed E-state index contributed by atoms with van der Waals surface area (Å²) in [5.74, 6) is 1.14. The number of nitrogens with zero attached hydrogens (tertiary/aromatic N) is 3. The first-order valence-electron chi connectivity index (χ1n) is 5.76. The van der Waals surface area contributed by atoms with Crippen molar-refractivity contribution in [1.82, 2.24) is 20.4 Å². The number of aryl methyl sites for hydroxylation is 1. The van der Waals surface area contributed by atoms with Crippen LogP contribution in [0.1, 0.15) is 24.8 Å². The van der Waals surface area contributed by atoms with Crippen LogP contribution >= 0.6 is 0 Å². The lowest BCUT2D eigenvalue weighted by Crippen LogP contribution is -2.13. The molecule has 0 aliphatic heterocycles. The predicted octanol–water partition coefficient (Wildman–Crippen LogP) is 1.94. The maximum atomic E-state index is 5.14. The number of rotatable bonds is 5. The zero-order chi connectivity index (χ0) is 12.1. The fourth-order valence-electron chi connectivity index (χ4n) is 1.46. The van der Waals surface area contributed by atoms with Crippen LogP contribution in [0.2, 0.25) is 0 Å². The van der Waals surface area contributed by atoms with Crippen LogP contribution in [0.5, 0.6) is 0 Å². The predicted molar refractivity (Wildman–Crippen MR) is 64.3 cm³/mol. The molecule has 0 atom stereocenters. The summed E-state index contributed by atoms with van der Waals surface area (Å²) in [4.78, 5) is 8.50. The fraction of sp³-hybridized carbons (Fsp3) is 0.417. The van der Waals surface area contributed by atoms with Gasteiger partial charge in [0.2, 0.25) is 11.7 Å². The molecular formula is C12H16N4O. The van der Waals surface area contributed by atoms with Crippen LogP contribution in [0.25, 0.3) is 11.5 Å². The van der Waals surface area contributed by atoms with Crippen molar-refractivity contribution in [2.45, 2.75) is 26.8 Å². The molecule has 0 aromatic carbocycles. The monoisotopic (exact) mass is 232 g/mol. The van der Waals surface area contributed by atoms with Gasteiger partial charge in [0.25, 0.3) is 0 Å². The summed E-state index contributed by atoms with van der Waals surface area (Å²) in [6.45, 7) is 5.67. The molecule has 0 unspecified atom stereocenters. The van der Waals surface area contributed by atoms with Crippen LogP contribution in [0.4, 0.5) is 0 Å². The molecule has 0 aliphatic rings. The molecule has 5 heteroatoms. The Labute approximate surface area is 100 Å². The van der Waals surface area contributed by atoms with Crippen molar-refractivity contribution < 1.29 is 4.52 Å². The highest BCUT2D eigenvalue weighted by Gasteiger charge is 2.09. The third kappa shape index (κ3) is 3.10. The highest BCUT2D eigenvalue weighted by Crippen LogP contribution is 2.13. The number of nitrogens with one attached hydrogen (secondary N) is 1. The molecule has 1 N–H and O–H groups in total. The quantitative estimate of drug-likeness (QED) is 0.798. The molecular weight excluding hydrogens is 216 g/mol. The SMILES string of the molecule is CCCNCc1nc(-c2cc(C)ccn2)no1. The van der Waals surface area contributed by atoms with Crippen LogP contribution < -0.4 is 5.32 Å². The van der Waals surface area contributed by atoms with E-state index in [1.165, 1.54) is 0 Å². The Morgan fingerprint density at radius 1 is 1.41 bits per heavy atom. The molecule has 0 aliphatic carbocycles. The number of pyridine rings is 1. The summed E-state index contributed by atoms with van der Waals surface area (Å²) in [7, 11) is 0. The Morgan fingerprint density at radius 3 is 3.06 bits per heavy atom. The summed E-state index contributed by atoms with van der Waals surface area (Å²) < 4.78 is 5.14. The lowest BCUT2D eigenvalue weighted by atomic mass is 10.2. The summed E-state index contributed by atoms with van der Waals surface area (Å²) in [6.07, 6.45) is 2.83. The molecule has 0 radical (unpaired) electrons. The average molecular weight is 232 g/mol. The average Bonchev–Trinajstić information content (AvgIpc) is 2.78. The minimum Gasteiger partial charge on any atom is -0.337 e. The second kappa shape index (κ2) is 5.54. The van der Waals surface area contributed by atoms with Crippen molar-refractivity contribution in [2.24, 2.45) is 0 Å². The standard InChI is InChI=1S/C12H16N4O/c1-3-5-13-8-11-15-12(16-17-11)10-7-9(2)4-6-14-10/h4,6-7,13H,3,5,8H2,1-2H3. The Hall–Kier alpha value is -1.75. The molecule has 0 spiro atoms. The first-order chi connectivity index (χ1) is 8.29. The van der Waals surface area contributed by atoms with Crippen molar-refractivity contribution >= 4 is 0 Å². The minimum absolute atomic E-state index is 0.544. The summed E-state index contributed by atoms with van der Waals surface area (Å²) in [6, 6.07) is 3.88. The van der Waals surface area contributed by atoms with Gasteiger partial charge in [-0.2, -0.15) is 4.98 Å². The third-order valence-electron chi connectivity index (χ3n) is 2.32. The Morgan fingerprint density at radius 2 is 2.29 bits per heavy atom. The van der Waals surface area contributed by atoms with Gasteiger partial charge >= 0.3 is 0 Å². The molecule has 17 heavy (non-hydrogen) atoms. The lowest BCUT2D eigenvalue weighted by molar-refractivity contribution is 0.368. The van der Waals surface area contributed by atoms with E-state index in [0.717, 1.165) is 24.2 Å². The lowest BCUT2D eigenvalue weighted by Gasteiger charge is -1.96. The molecule has 5 nitrogen and oxygen atoms in total. The van der Waals surface area contributed by atoms with Gasteiger partial charge in [-0.1, -0.05) is 12.1 Å². The summed E-state index contributed by atoms with van der Waals surface area (Å²) >= 11 is 0. The normalized spacial score (nSPS) is 10.7. The molecule has 0 amide bonds. The molecule has 90 valence electrons. The number of aromatic nitrogens is 3. The molecule has 2 aromatic heterocycles. The van der Waals surface area contributed by atoms with Crippen molar-refractivity contribution in [2.75, 3.05) is 6.54 Å². The summed E-state index contributed by atoms with van der Waals surface area (Å²) in [5.41, 5.74) is 1.88. The van der Waals surface area contributed by atoms with Gasteiger partial charge < -0.3 is 9.84 Å². The van der Waals surface area contributed by atoms with E-state index in [9.17, 15) is 0 Å². The van der Waals surface area contributed by atoms with E-state index in [4.69, 9.17) is 4.52 Å². The van der Waals surface area contributed by atoms with Gasteiger partial charge in [-0.25, -0.2) is 0 Å². The largest absolute Gasteiger partial charge is 0.337 e. The Kier molecular flexibility index (Phi) is 3.82. The fourth-order valence-corrected chi connectivity index (χ4v) is 1.46. The molecule has 0 saturated carbocycles. The number of hydrogen-bond acceptors (Lipinski definition) is 5. The van der Waals surface area contributed by atoms with E-state index < -0.39 is 0 Å².